The van der Waals surface area contributed by atoms with Crippen LogP contribution in [0.2, 0.25) is 5.15 Å². The lowest BCUT2D eigenvalue weighted by Gasteiger charge is -2.17. The van der Waals surface area contributed by atoms with E-state index in [1.807, 2.05) is 4.90 Å². The highest BCUT2D eigenvalue weighted by Gasteiger charge is 2.28. The summed E-state index contributed by atoms with van der Waals surface area (Å²) >= 11 is 5.80. The number of aliphatic hydroxyl groups is 1. The summed E-state index contributed by atoms with van der Waals surface area (Å²) in [5.74, 6) is 0.684. The molecule has 1 aliphatic rings. The number of rotatable bonds is 4. The van der Waals surface area contributed by atoms with Crippen molar-refractivity contribution in [3.8, 4) is 0 Å². The zero-order chi connectivity index (χ0) is 13.1. The Morgan fingerprint density at radius 1 is 1.61 bits per heavy atom. The predicted octanol–water partition coefficient (Wildman–Crippen LogP) is 1.85. The molecule has 18 heavy (non-hydrogen) atoms. The normalized spacial score (nSPS) is 19.2. The van der Waals surface area contributed by atoms with Crippen molar-refractivity contribution < 1.29 is 10.0 Å². The number of anilines is 1. The Morgan fingerprint density at radius 2 is 2.39 bits per heavy atom. The Morgan fingerprint density at radius 3 is 3.06 bits per heavy atom. The van der Waals surface area contributed by atoms with Crippen molar-refractivity contribution >= 4 is 23.1 Å². The van der Waals surface area contributed by atoms with Gasteiger partial charge < -0.3 is 10.0 Å². The van der Waals surface area contributed by atoms with Crippen LogP contribution in [0.5, 0.6) is 0 Å². The molecule has 98 valence electrons. The first-order valence-electron chi connectivity index (χ1n) is 5.78. The summed E-state index contributed by atoms with van der Waals surface area (Å²) in [6.07, 6.45) is 1.62. The zero-order valence-electron chi connectivity index (χ0n) is 9.75. The third-order valence-electron chi connectivity index (χ3n) is 3.14. The fourth-order valence-electron chi connectivity index (χ4n) is 2.24. The topological polar surface area (TPSA) is 79.5 Å². The Kier molecular flexibility index (Phi) is 3.98. The number of pyridine rings is 1. The van der Waals surface area contributed by atoms with Crippen LogP contribution in [0.3, 0.4) is 0 Å². The van der Waals surface area contributed by atoms with Crippen LogP contribution in [-0.2, 0) is 0 Å². The summed E-state index contributed by atoms with van der Waals surface area (Å²) in [5.41, 5.74) is -0.0240. The maximum atomic E-state index is 11.0. The summed E-state index contributed by atoms with van der Waals surface area (Å²) in [6, 6.07) is 2.80. The molecule has 2 rings (SSSR count). The van der Waals surface area contributed by atoms with E-state index in [1.165, 1.54) is 12.1 Å². The molecule has 1 aromatic rings. The van der Waals surface area contributed by atoms with E-state index in [4.69, 9.17) is 16.7 Å². The smallest absolute Gasteiger partial charge is 0.311 e. The summed E-state index contributed by atoms with van der Waals surface area (Å²) in [5, 5.41) is 20.1. The van der Waals surface area contributed by atoms with Crippen molar-refractivity contribution in [3.63, 3.8) is 0 Å². The van der Waals surface area contributed by atoms with E-state index >= 15 is 0 Å². The van der Waals surface area contributed by atoms with E-state index in [2.05, 4.69) is 4.98 Å². The highest BCUT2D eigenvalue weighted by atomic mass is 35.5. The highest BCUT2D eigenvalue weighted by molar-refractivity contribution is 6.29. The monoisotopic (exact) mass is 271 g/mol. The second kappa shape index (κ2) is 5.49. The van der Waals surface area contributed by atoms with E-state index in [0.717, 1.165) is 6.42 Å². The van der Waals surface area contributed by atoms with Gasteiger partial charge in [0.15, 0.2) is 0 Å². The van der Waals surface area contributed by atoms with E-state index in [9.17, 15) is 10.1 Å². The molecule has 1 saturated heterocycles. The Bertz CT molecular complexity index is 455. The van der Waals surface area contributed by atoms with Gasteiger partial charge in [0.1, 0.15) is 5.15 Å². The average Bonchev–Trinajstić information content (AvgIpc) is 2.77. The second-order valence-corrected chi connectivity index (χ2v) is 4.73. The molecule has 0 saturated carbocycles. The van der Waals surface area contributed by atoms with Crippen LogP contribution in [0.1, 0.15) is 12.8 Å². The molecule has 0 aromatic carbocycles. The lowest BCUT2D eigenvalue weighted by molar-refractivity contribution is -0.384. The molecular weight excluding hydrogens is 258 g/mol. The van der Waals surface area contributed by atoms with Crippen LogP contribution >= 0.6 is 11.6 Å². The van der Waals surface area contributed by atoms with Gasteiger partial charge in [-0.05, 0) is 24.8 Å². The minimum atomic E-state index is -0.446. The molecule has 0 amide bonds. The SMILES string of the molecule is O=[N+]([O-])c1ccc(Cl)nc1N1CCC(CCO)C1. The largest absolute Gasteiger partial charge is 0.396 e. The summed E-state index contributed by atoms with van der Waals surface area (Å²) in [6.45, 7) is 1.52. The first-order chi connectivity index (χ1) is 8.61. The highest BCUT2D eigenvalue weighted by Crippen LogP contribution is 2.32. The molecule has 1 aromatic heterocycles. The standard InChI is InChI=1S/C11H14ClN3O3/c12-10-2-1-9(15(17)18)11(13-10)14-5-3-8(7-14)4-6-16/h1-2,8,16H,3-7H2. The van der Waals surface area contributed by atoms with Gasteiger partial charge >= 0.3 is 5.69 Å². The Labute approximate surface area is 109 Å². The van der Waals surface area contributed by atoms with Crippen LogP contribution in [0.15, 0.2) is 12.1 Å². The number of nitro groups is 1. The first kappa shape index (κ1) is 13.0. The van der Waals surface area contributed by atoms with Crippen LogP contribution in [0.25, 0.3) is 0 Å². The lowest BCUT2D eigenvalue weighted by atomic mass is 10.1. The Balaban J connectivity index is 2.23. The van der Waals surface area contributed by atoms with Crippen LogP contribution in [0, 0.1) is 16.0 Å². The molecule has 0 aliphatic carbocycles. The quantitative estimate of drug-likeness (QED) is 0.514. The lowest BCUT2D eigenvalue weighted by Crippen LogP contribution is -2.22. The van der Waals surface area contributed by atoms with Gasteiger partial charge in [0.25, 0.3) is 0 Å². The Hall–Kier alpha value is -1.40. The zero-order valence-corrected chi connectivity index (χ0v) is 10.5. The molecule has 1 atom stereocenters. The average molecular weight is 272 g/mol. The summed E-state index contributed by atoms with van der Waals surface area (Å²) < 4.78 is 0. The molecule has 1 fully saturated rings. The van der Waals surface area contributed by atoms with Gasteiger partial charge in [0.05, 0.1) is 4.92 Å². The summed E-state index contributed by atoms with van der Waals surface area (Å²) in [7, 11) is 0. The van der Waals surface area contributed by atoms with Crippen molar-refractivity contribution in [1.29, 1.82) is 0 Å². The number of aromatic nitrogens is 1. The fraction of sp³-hybridized carbons (Fsp3) is 0.545. The van der Waals surface area contributed by atoms with E-state index < -0.39 is 4.92 Å². The third-order valence-corrected chi connectivity index (χ3v) is 3.35. The van der Waals surface area contributed by atoms with Crippen molar-refractivity contribution in [1.82, 2.24) is 4.98 Å². The van der Waals surface area contributed by atoms with Crippen molar-refractivity contribution in [2.75, 3.05) is 24.6 Å². The number of halogens is 1. The van der Waals surface area contributed by atoms with Gasteiger partial charge in [-0.2, -0.15) is 0 Å². The van der Waals surface area contributed by atoms with Gasteiger partial charge in [0.2, 0.25) is 5.82 Å². The molecule has 1 N–H and O–H groups in total. The minimum Gasteiger partial charge on any atom is -0.396 e. The van der Waals surface area contributed by atoms with Gasteiger partial charge in [0, 0.05) is 25.8 Å². The number of hydrogen-bond acceptors (Lipinski definition) is 5. The predicted molar refractivity (Wildman–Crippen MR) is 67.9 cm³/mol. The molecule has 7 heteroatoms. The van der Waals surface area contributed by atoms with E-state index in [-0.39, 0.29) is 17.4 Å². The van der Waals surface area contributed by atoms with Gasteiger partial charge in [-0.15, -0.1) is 0 Å². The molecule has 6 nitrogen and oxygen atoms in total. The van der Waals surface area contributed by atoms with Crippen molar-refractivity contribution in [3.05, 3.63) is 27.4 Å². The van der Waals surface area contributed by atoms with Crippen molar-refractivity contribution in [2.24, 2.45) is 5.92 Å². The van der Waals surface area contributed by atoms with Crippen molar-refractivity contribution in [2.45, 2.75) is 12.8 Å². The molecule has 2 heterocycles. The second-order valence-electron chi connectivity index (χ2n) is 4.35. The molecule has 1 aliphatic heterocycles. The van der Waals surface area contributed by atoms with Gasteiger partial charge in [-0.25, -0.2) is 4.98 Å². The molecule has 0 radical (unpaired) electrons. The molecular formula is C11H14ClN3O3. The maximum Gasteiger partial charge on any atom is 0.311 e. The summed E-state index contributed by atoms with van der Waals surface area (Å²) in [4.78, 5) is 16.4. The number of nitrogens with zero attached hydrogens (tertiary/aromatic N) is 3. The van der Waals surface area contributed by atoms with Crippen LogP contribution in [-0.4, -0.2) is 34.7 Å². The maximum absolute atomic E-state index is 11.0. The number of hydrogen-bond donors (Lipinski definition) is 1. The van der Waals surface area contributed by atoms with Gasteiger partial charge in [-0.3, -0.25) is 10.1 Å². The minimum absolute atomic E-state index is 0.0240. The van der Waals surface area contributed by atoms with Gasteiger partial charge in [-0.1, -0.05) is 11.6 Å². The van der Waals surface area contributed by atoms with E-state index in [0.29, 0.717) is 31.2 Å². The van der Waals surface area contributed by atoms with Crippen LogP contribution < -0.4 is 4.90 Å². The molecule has 0 spiro atoms. The first-order valence-corrected chi connectivity index (χ1v) is 6.16. The number of aliphatic hydroxyl groups excluding tert-OH is 1. The molecule has 0 bridgehead atoms. The van der Waals surface area contributed by atoms with E-state index in [1.54, 1.807) is 0 Å². The fourth-order valence-corrected chi connectivity index (χ4v) is 2.38. The van der Waals surface area contributed by atoms with Crippen LogP contribution in [0.4, 0.5) is 11.5 Å². The third kappa shape index (κ3) is 2.70. The molecule has 1 unspecified atom stereocenters.